The van der Waals surface area contributed by atoms with E-state index in [9.17, 15) is 9.59 Å². The van der Waals surface area contributed by atoms with Crippen molar-refractivity contribution in [1.82, 2.24) is 9.80 Å². The highest BCUT2D eigenvalue weighted by molar-refractivity contribution is 5.74. The molecule has 0 spiro atoms. The molecule has 1 saturated heterocycles. The molecule has 0 aromatic heterocycles. The third kappa shape index (κ3) is 3.82. The number of carbonyl (C=O) groups excluding carboxylic acids is 1. The largest absolute Gasteiger partial charge is 0.481 e. The minimum Gasteiger partial charge on any atom is -0.481 e. The molecule has 1 aliphatic rings. The van der Waals surface area contributed by atoms with Gasteiger partial charge in [-0.1, -0.05) is 30.3 Å². The Morgan fingerprint density at radius 3 is 2.48 bits per heavy atom. The van der Waals surface area contributed by atoms with Crippen LogP contribution in [0.3, 0.4) is 0 Å². The van der Waals surface area contributed by atoms with E-state index < -0.39 is 5.97 Å². The van der Waals surface area contributed by atoms with Crippen molar-refractivity contribution in [2.24, 2.45) is 0 Å². The number of hydrogen-bond acceptors (Lipinski definition) is 3. The van der Waals surface area contributed by atoms with Gasteiger partial charge in [-0.3, -0.25) is 14.5 Å². The highest BCUT2D eigenvalue weighted by Crippen LogP contribution is 2.22. The van der Waals surface area contributed by atoms with Gasteiger partial charge in [0.2, 0.25) is 5.91 Å². The standard InChI is InChI=1S/C16H22N2O3/c1-12-15(10-16(20)21)17(8-9-18(12)13(2)19)11-14-6-4-3-5-7-14/h3-7,12,15H,8-11H2,1-2H3,(H,20,21)/t12-,15-/m0/s1. The lowest BCUT2D eigenvalue weighted by Crippen LogP contribution is -2.59. The molecule has 0 aliphatic carbocycles. The Morgan fingerprint density at radius 1 is 1.24 bits per heavy atom. The van der Waals surface area contributed by atoms with Gasteiger partial charge in [0.15, 0.2) is 0 Å². The van der Waals surface area contributed by atoms with Gasteiger partial charge in [-0.2, -0.15) is 0 Å². The number of carboxylic acids is 1. The molecule has 1 amide bonds. The molecule has 21 heavy (non-hydrogen) atoms. The number of benzene rings is 1. The van der Waals surface area contributed by atoms with Gasteiger partial charge in [0.25, 0.3) is 0 Å². The number of rotatable bonds is 4. The number of carboxylic acid groups (broad SMARTS) is 1. The predicted octanol–water partition coefficient (Wildman–Crippen LogP) is 1.58. The molecule has 0 saturated carbocycles. The van der Waals surface area contributed by atoms with Crippen molar-refractivity contribution in [1.29, 1.82) is 0 Å². The molecule has 1 N–H and O–H groups in total. The Bertz CT molecular complexity index is 504. The third-order valence-electron chi connectivity index (χ3n) is 4.16. The zero-order valence-electron chi connectivity index (χ0n) is 12.5. The summed E-state index contributed by atoms with van der Waals surface area (Å²) in [6, 6.07) is 9.78. The maximum Gasteiger partial charge on any atom is 0.305 e. The molecular weight excluding hydrogens is 268 g/mol. The molecule has 1 aliphatic heterocycles. The zero-order valence-corrected chi connectivity index (χ0v) is 12.5. The van der Waals surface area contributed by atoms with Gasteiger partial charge in [-0.05, 0) is 12.5 Å². The van der Waals surface area contributed by atoms with Gasteiger partial charge in [-0.25, -0.2) is 0 Å². The highest BCUT2D eigenvalue weighted by atomic mass is 16.4. The topological polar surface area (TPSA) is 60.9 Å². The van der Waals surface area contributed by atoms with Crippen molar-refractivity contribution < 1.29 is 14.7 Å². The second kappa shape index (κ2) is 6.72. The van der Waals surface area contributed by atoms with E-state index in [1.807, 2.05) is 37.3 Å². The highest BCUT2D eigenvalue weighted by Gasteiger charge is 2.36. The van der Waals surface area contributed by atoms with Crippen molar-refractivity contribution in [2.75, 3.05) is 13.1 Å². The van der Waals surface area contributed by atoms with E-state index >= 15 is 0 Å². The van der Waals surface area contributed by atoms with E-state index in [4.69, 9.17) is 5.11 Å². The molecule has 2 atom stereocenters. The molecule has 1 fully saturated rings. The molecule has 2 rings (SSSR count). The summed E-state index contributed by atoms with van der Waals surface area (Å²) in [6.07, 6.45) is 0.0534. The Morgan fingerprint density at radius 2 is 1.90 bits per heavy atom. The van der Waals surface area contributed by atoms with Gasteiger partial charge in [0, 0.05) is 38.6 Å². The molecule has 1 aromatic rings. The van der Waals surface area contributed by atoms with Crippen LogP contribution in [0.5, 0.6) is 0 Å². The van der Waals surface area contributed by atoms with E-state index in [2.05, 4.69) is 4.90 Å². The van der Waals surface area contributed by atoms with Crippen LogP contribution in [0.15, 0.2) is 30.3 Å². The first-order chi connectivity index (χ1) is 9.99. The molecule has 0 unspecified atom stereocenters. The summed E-state index contributed by atoms with van der Waals surface area (Å²) < 4.78 is 0. The van der Waals surface area contributed by atoms with Crippen LogP contribution in [0.1, 0.15) is 25.8 Å². The summed E-state index contributed by atoms with van der Waals surface area (Å²) in [5.74, 6) is -0.812. The fraction of sp³-hybridized carbons (Fsp3) is 0.500. The van der Waals surface area contributed by atoms with Crippen LogP contribution in [-0.4, -0.2) is 52.0 Å². The molecule has 0 radical (unpaired) electrons. The maximum absolute atomic E-state index is 11.7. The van der Waals surface area contributed by atoms with Crippen molar-refractivity contribution in [3.63, 3.8) is 0 Å². The second-order valence-electron chi connectivity index (χ2n) is 5.57. The van der Waals surface area contributed by atoms with E-state index in [1.54, 1.807) is 11.8 Å². The summed E-state index contributed by atoms with van der Waals surface area (Å²) in [5.41, 5.74) is 1.16. The average molecular weight is 290 g/mol. The number of aliphatic carboxylic acids is 1. The van der Waals surface area contributed by atoms with Gasteiger partial charge < -0.3 is 10.0 Å². The summed E-state index contributed by atoms with van der Waals surface area (Å²) in [5, 5.41) is 9.16. The normalized spacial score (nSPS) is 23.0. The number of hydrogen-bond donors (Lipinski definition) is 1. The summed E-state index contributed by atoms with van der Waals surface area (Å²) >= 11 is 0. The van der Waals surface area contributed by atoms with E-state index in [1.165, 1.54) is 0 Å². The third-order valence-corrected chi connectivity index (χ3v) is 4.16. The van der Waals surface area contributed by atoms with Gasteiger partial charge in [-0.15, -0.1) is 0 Å². The van der Waals surface area contributed by atoms with Crippen molar-refractivity contribution in [2.45, 2.75) is 38.9 Å². The minimum atomic E-state index is -0.824. The SMILES string of the molecule is CC(=O)N1CCN(Cc2ccccc2)[C@@H](CC(=O)O)[C@@H]1C. The van der Waals surface area contributed by atoms with Crippen LogP contribution in [0, 0.1) is 0 Å². The zero-order chi connectivity index (χ0) is 15.4. The van der Waals surface area contributed by atoms with Crippen LogP contribution in [0.25, 0.3) is 0 Å². The van der Waals surface area contributed by atoms with Gasteiger partial charge in [0.05, 0.1) is 6.42 Å². The molecule has 5 heteroatoms. The smallest absolute Gasteiger partial charge is 0.305 e. The van der Waals surface area contributed by atoms with Crippen LogP contribution >= 0.6 is 0 Å². The monoisotopic (exact) mass is 290 g/mol. The first-order valence-electron chi connectivity index (χ1n) is 7.26. The first-order valence-corrected chi connectivity index (χ1v) is 7.26. The Balaban J connectivity index is 2.15. The Hall–Kier alpha value is -1.88. The molecule has 1 heterocycles. The van der Waals surface area contributed by atoms with E-state index in [-0.39, 0.29) is 24.4 Å². The number of amides is 1. The summed E-state index contributed by atoms with van der Waals surface area (Å²) in [6.45, 7) is 5.55. The second-order valence-corrected chi connectivity index (χ2v) is 5.57. The number of piperazine rings is 1. The lowest BCUT2D eigenvalue weighted by Gasteiger charge is -2.45. The molecule has 5 nitrogen and oxygen atoms in total. The molecular formula is C16H22N2O3. The number of carbonyl (C=O) groups is 2. The lowest BCUT2D eigenvalue weighted by molar-refractivity contribution is -0.144. The van der Waals surface area contributed by atoms with Crippen LogP contribution < -0.4 is 0 Å². The molecule has 1 aromatic carbocycles. The van der Waals surface area contributed by atoms with Crippen LogP contribution in [0.4, 0.5) is 0 Å². The lowest BCUT2D eigenvalue weighted by atomic mass is 9.98. The Kier molecular flexibility index (Phi) is 4.96. The quantitative estimate of drug-likeness (QED) is 0.914. The fourth-order valence-corrected chi connectivity index (χ4v) is 3.06. The average Bonchev–Trinajstić information content (AvgIpc) is 2.43. The summed E-state index contributed by atoms with van der Waals surface area (Å²) in [7, 11) is 0. The van der Waals surface area contributed by atoms with Crippen molar-refractivity contribution in [3.05, 3.63) is 35.9 Å². The minimum absolute atomic E-state index is 0.0113. The van der Waals surface area contributed by atoms with Crippen LogP contribution in [0.2, 0.25) is 0 Å². The molecule has 114 valence electrons. The van der Waals surface area contributed by atoms with Crippen molar-refractivity contribution >= 4 is 11.9 Å². The van der Waals surface area contributed by atoms with E-state index in [0.29, 0.717) is 13.1 Å². The van der Waals surface area contributed by atoms with Crippen LogP contribution in [-0.2, 0) is 16.1 Å². The first kappa shape index (κ1) is 15.5. The van der Waals surface area contributed by atoms with Gasteiger partial charge >= 0.3 is 5.97 Å². The number of nitrogens with zero attached hydrogens (tertiary/aromatic N) is 2. The van der Waals surface area contributed by atoms with Crippen molar-refractivity contribution in [3.8, 4) is 0 Å². The Labute approximate surface area is 125 Å². The summed E-state index contributed by atoms with van der Waals surface area (Å²) in [4.78, 5) is 26.8. The van der Waals surface area contributed by atoms with E-state index in [0.717, 1.165) is 12.1 Å². The molecule has 0 bridgehead atoms. The maximum atomic E-state index is 11.7. The fourth-order valence-electron chi connectivity index (χ4n) is 3.06. The van der Waals surface area contributed by atoms with Gasteiger partial charge in [0.1, 0.15) is 0 Å². The predicted molar refractivity (Wildman–Crippen MR) is 79.7 cm³/mol.